The number of nitrogens with one attached hydrogen (secondary N) is 1. The summed E-state index contributed by atoms with van der Waals surface area (Å²) in [6, 6.07) is 9.35. The number of ether oxygens (including phenoxy) is 2. The van der Waals surface area contributed by atoms with Crippen LogP contribution in [0.25, 0.3) is 0 Å². The molecule has 0 aliphatic carbocycles. The molecule has 0 radical (unpaired) electrons. The molecule has 2 aromatic rings. The second-order valence-corrected chi connectivity index (χ2v) is 6.30. The second-order valence-electron chi connectivity index (χ2n) is 4.56. The maximum atomic E-state index is 6.26. The zero-order valence-corrected chi connectivity index (χ0v) is 14.1. The highest BCUT2D eigenvalue weighted by Crippen LogP contribution is 2.38. The van der Waals surface area contributed by atoms with Crippen LogP contribution >= 0.6 is 39.1 Å². The van der Waals surface area contributed by atoms with Gasteiger partial charge in [0.15, 0.2) is 11.5 Å². The number of anilines is 1. The van der Waals surface area contributed by atoms with Crippen LogP contribution < -0.4 is 14.8 Å². The van der Waals surface area contributed by atoms with Gasteiger partial charge in [-0.3, -0.25) is 0 Å². The van der Waals surface area contributed by atoms with Gasteiger partial charge in [0, 0.05) is 28.2 Å². The second kappa shape index (κ2) is 6.34. The maximum Gasteiger partial charge on any atom is 0.163 e. The zero-order chi connectivity index (χ0) is 14.8. The Labute approximate surface area is 141 Å². The molecule has 1 aliphatic heterocycles. The molecule has 1 heterocycles. The standard InChI is InChI=1S/C15H12BrCl2NO2/c16-10-1-2-11(17)9(5-10)8-19-13-7-15-14(6-12(13)18)20-3-4-21-15/h1-2,5-7,19H,3-4,8H2. The van der Waals surface area contributed by atoms with E-state index in [9.17, 15) is 0 Å². The molecule has 0 amide bonds. The Bertz CT molecular complexity index is 679. The molecule has 0 aromatic heterocycles. The first kappa shape index (κ1) is 14.8. The van der Waals surface area contributed by atoms with Crippen molar-refractivity contribution in [3.63, 3.8) is 0 Å². The topological polar surface area (TPSA) is 30.5 Å². The Morgan fingerprint density at radius 2 is 1.71 bits per heavy atom. The molecule has 6 heteroatoms. The molecule has 0 fully saturated rings. The van der Waals surface area contributed by atoms with Gasteiger partial charge in [-0.15, -0.1) is 0 Å². The highest BCUT2D eigenvalue weighted by molar-refractivity contribution is 9.10. The third kappa shape index (κ3) is 3.39. The lowest BCUT2D eigenvalue weighted by atomic mass is 10.2. The van der Waals surface area contributed by atoms with E-state index in [0.717, 1.165) is 15.7 Å². The van der Waals surface area contributed by atoms with Gasteiger partial charge in [0.25, 0.3) is 0 Å². The molecular weight excluding hydrogens is 377 g/mol. The van der Waals surface area contributed by atoms with Crippen molar-refractivity contribution in [2.45, 2.75) is 6.54 Å². The third-order valence-electron chi connectivity index (χ3n) is 3.11. The van der Waals surface area contributed by atoms with Gasteiger partial charge in [-0.2, -0.15) is 0 Å². The summed E-state index contributed by atoms with van der Waals surface area (Å²) in [6.07, 6.45) is 0. The molecule has 21 heavy (non-hydrogen) atoms. The lowest BCUT2D eigenvalue weighted by molar-refractivity contribution is 0.171. The van der Waals surface area contributed by atoms with Crippen LogP contribution in [-0.2, 0) is 6.54 Å². The smallest absolute Gasteiger partial charge is 0.163 e. The van der Waals surface area contributed by atoms with Crippen molar-refractivity contribution in [2.24, 2.45) is 0 Å². The lowest BCUT2D eigenvalue weighted by Gasteiger charge is -2.20. The number of fused-ring (bicyclic) bond motifs is 1. The SMILES string of the molecule is Clc1ccc(Br)cc1CNc1cc2c(cc1Cl)OCCO2. The van der Waals surface area contributed by atoms with Crippen LogP contribution in [0.2, 0.25) is 10.0 Å². The molecule has 0 unspecified atom stereocenters. The van der Waals surface area contributed by atoms with Crippen LogP contribution in [0.15, 0.2) is 34.8 Å². The van der Waals surface area contributed by atoms with Gasteiger partial charge < -0.3 is 14.8 Å². The van der Waals surface area contributed by atoms with E-state index >= 15 is 0 Å². The summed E-state index contributed by atoms with van der Waals surface area (Å²) in [5.74, 6) is 1.38. The molecule has 0 saturated heterocycles. The van der Waals surface area contributed by atoms with E-state index in [1.54, 1.807) is 6.07 Å². The van der Waals surface area contributed by atoms with Crippen molar-refractivity contribution >= 4 is 44.8 Å². The first-order valence-corrected chi connectivity index (χ1v) is 7.95. The molecule has 0 saturated carbocycles. The zero-order valence-electron chi connectivity index (χ0n) is 11.0. The minimum absolute atomic E-state index is 0.545. The van der Waals surface area contributed by atoms with Gasteiger partial charge >= 0.3 is 0 Å². The summed E-state index contributed by atoms with van der Waals surface area (Å²) < 4.78 is 12.0. The summed E-state index contributed by atoms with van der Waals surface area (Å²) in [5.41, 5.74) is 1.77. The summed E-state index contributed by atoms with van der Waals surface area (Å²) in [4.78, 5) is 0. The molecule has 0 bridgehead atoms. The van der Waals surface area contributed by atoms with Crippen molar-refractivity contribution in [3.8, 4) is 11.5 Å². The number of halogens is 3. The molecule has 1 N–H and O–H groups in total. The Morgan fingerprint density at radius 3 is 2.48 bits per heavy atom. The largest absolute Gasteiger partial charge is 0.486 e. The van der Waals surface area contributed by atoms with Crippen molar-refractivity contribution in [1.82, 2.24) is 0 Å². The fourth-order valence-corrected chi connectivity index (χ4v) is 2.88. The van der Waals surface area contributed by atoms with Crippen LogP contribution in [0, 0.1) is 0 Å². The molecular formula is C15H12BrCl2NO2. The Hall–Kier alpha value is -1.10. The predicted molar refractivity (Wildman–Crippen MR) is 88.9 cm³/mol. The van der Waals surface area contributed by atoms with Gasteiger partial charge in [-0.25, -0.2) is 0 Å². The number of hydrogen-bond acceptors (Lipinski definition) is 3. The number of rotatable bonds is 3. The average molecular weight is 389 g/mol. The summed E-state index contributed by atoms with van der Waals surface area (Å²) in [6.45, 7) is 1.66. The van der Waals surface area contributed by atoms with Crippen LogP contribution in [0.1, 0.15) is 5.56 Å². The van der Waals surface area contributed by atoms with E-state index in [1.165, 1.54) is 0 Å². The minimum atomic E-state index is 0.545. The monoisotopic (exact) mass is 387 g/mol. The fourth-order valence-electron chi connectivity index (χ4n) is 2.07. The summed E-state index contributed by atoms with van der Waals surface area (Å²) in [5, 5.41) is 4.57. The van der Waals surface area contributed by atoms with Gasteiger partial charge in [-0.1, -0.05) is 39.1 Å². The van der Waals surface area contributed by atoms with Crippen molar-refractivity contribution in [3.05, 3.63) is 50.4 Å². The quantitative estimate of drug-likeness (QED) is 0.789. The Kier molecular flexibility index (Phi) is 4.48. The molecule has 2 aromatic carbocycles. The Balaban J connectivity index is 1.80. The van der Waals surface area contributed by atoms with E-state index in [4.69, 9.17) is 32.7 Å². The van der Waals surface area contributed by atoms with Gasteiger partial charge in [-0.05, 0) is 23.8 Å². The highest BCUT2D eigenvalue weighted by Gasteiger charge is 2.15. The van der Waals surface area contributed by atoms with Crippen LogP contribution in [0.5, 0.6) is 11.5 Å². The molecule has 3 nitrogen and oxygen atoms in total. The van der Waals surface area contributed by atoms with Gasteiger partial charge in [0.05, 0.1) is 10.7 Å². The molecule has 0 atom stereocenters. The Morgan fingerprint density at radius 1 is 1.00 bits per heavy atom. The van der Waals surface area contributed by atoms with E-state index in [1.807, 2.05) is 24.3 Å². The van der Waals surface area contributed by atoms with Crippen molar-refractivity contribution < 1.29 is 9.47 Å². The summed E-state index contributed by atoms with van der Waals surface area (Å²) >= 11 is 15.9. The van der Waals surface area contributed by atoms with E-state index in [0.29, 0.717) is 41.3 Å². The lowest BCUT2D eigenvalue weighted by Crippen LogP contribution is -2.15. The maximum absolute atomic E-state index is 6.26. The van der Waals surface area contributed by atoms with Crippen LogP contribution in [0.4, 0.5) is 5.69 Å². The fraction of sp³-hybridized carbons (Fsp3) is 0.200. The number of benzene rings is 2. The molecule has 1 aliphatic rings. The van der Waals surface area contributed by atoms with Crippen LogP contribution in [-0.4, -0.2) is 13.2 Å². The molecule has 3 rings (SSSR count). The van der Waals surface area contributed by atoms with E-state index in [2.05, 4.69) is 21.2 Å². The number of hydrogen-bond donors (Lipinski definition) is 1. The first-order chi connectivity index (χ1) is 10.1. The highest BCUT2D eigenvalue weighted by atomic mass is 79.9. The van der Waals surface area contributed by atoms with Crippen molar-refractivity contribution in [2.75, 3.05) is 18.5 Å². The summed E-state index contributed by atoms with van der Waals surface area (Å²) in [7, 11) is 0. The van der Waals surface area contributed by atoms with Crippen LogP contribution in [0.3, 0.4) is 0 Å². The predicted octanol–water partition coefficient (Wildman–Crippen LogP) is 5.14. The van der Waals surface area contributed by atoms with E-state index in [-0.39, 0.29) is 0 Å². The average Bonchev–Trinajstić information content (AvgIpc) is 2.48. The molecule has 110 valence electrons. The minimum Gasteiger partial charge on any atom is -0.486 e. The van der Waals surface area contributed by atoms with E-state index < -0.39 is 0 Å². The third-order valence-corrected chi connectivity index (χ3v) is 4.28. The molecule has 0 spiro atoms. The first-order valence-electron chi connectivity index (χ1n) is 6.40. The normalized spacial score (nSPS) is 13.1. The van der Waals surface area contributed by atoms with Crippen molar-refractivity contribution in [1.29, 1.82) is 0 Å². The van der Waals surface area contributed by atoms with Gasteiger partial charge in [0.2, 0.25) is 0 Å². The van der Waals surface area contributed by atoms with Gasteiger partial charge in [0.1, 0.15) is 13.2 Å².